The zero-order valence-electron chi connectivity index (χ0n) is 4.71. The summed E-state index contributed by atoms with van der Waals surface area (Å²) in [6.07, 6.45) is 0.944. The molecule has 0 aromatic rings. The van der Waals surface area contributed by atoms with Gasteiger partial charge in [0.05, 0.1) is 0 Å². The summed E-state index contributed by atoms with van der Waals surface area (Å²) in [4.78, 5) is 0. The molecule has 0 unspecified atom stereocenters. The molecule has 0 aromatic carbocycles. The molecule has 9 heavy (non-hydrogen) atoms. The van der Waals surface area contributed by atoms with Gasteiger partial charge in [-0.25, -0.2) is 0 Å². The average molecular weight is 377 g/mol. The van der Waals surface area contributed by atoms with Gasteiger partial charge < -0.3 is 11.5 Å². The Morgan fingerprint density at radius 1 is 1.00 bits per heavy atom. The molecule has 0 aliphatic heterocycles. The van der Waals surface area contributed by atoms with Crippen molar-refractivity contribution in [3.05, 3.63) is 0 Å². The predicted octanol–water partition coefficient (Wildman–Crippen LogP) is 1.36. The third-order valence-corrected chi connectivity index (χ3v) is 0.408. The number of rotatable bonds is 2. The van der Waals surface area contributed by atoms with E-state index in [-0.39, 0.29) is 0 Å². The van der Waals surface area contributed by atoms with E-state index in [4.69, 9.17) is 39.0 Å². The summed E-state index contributed by atoms with van der Waals surface area (Å²) >= 11 is -1.79. The molecule has 0 aromatic heterocycles. The van der Waals surface area contributed by atoms with E-state index in [2.05, 4.69) is 0 Å². The number of hydrogen-bond donors (Lipinski definition) is 2. The van der Waals surface area contributed by atoms with Crippen molar-refractivity contribution in [2.45, 2.75) is 6.42 Å². The second-order valence-corrected chi connectivity index (χ2v) is 10.5. The molecule has 0 amide bonds. The normalized spacial score (nSPS) is 9.67. The van der Waals surface area contributed by atoms with Crippen LogP contribution in [0, 0.1) is 0 Å². The zero-order valence-corrected chi connectivity index (χ0v) is 9.15. The van der Waals surface area contributed by atoms with Crippen molar-refractivity contribution in [1.82, 2.24) is 0 Å². The fourth-order valence-electron chi connectivity index (χ4n) is 0.118. The van der Waals surface area contributed by atoms with Gasteiger partial charge in [0.25, 0.3) is 0 Å². The fraction of sp³-hybridized carbons (Fsp3) is 1.00. The van der Waals surface area contributed by atoms with E-state index in [1.807, 2.05) is 0 Å². The summed E-state index contributed by atoms with van der Waals surface area (Å²) in [5, 5.41) is 0. The van der Waals surface area contributed by atoms with Gasteiger partial charge in [0, 0.05) is 0 Å². The number of nitrogens with two attached hydrogens (primary N) is 2. The average Bonchev–Trinajstić information content (AvgIpc) is 1.66. The Bertz CT molecular complexity index is 41.3. The third kappa shape index (κ3) is 43.4. The summed E-state index contributed by atoms with van der Waals surface area (Å²) < 4.78 is 0. The molecule has 0 atom stereocenters. The summed E-state index contributed by atoms with van der Waals surface area (Å²) in [6, 6.07) is 0. The van der Waals surface area contributed by atoms with E-state index in [1.54, 1.807) is 0 Å². The first-order chi connectivity index (χ1) is 4.15. The molecule has 0 fully saturated rings. The molecule has 0 saturated heterocycles. The van der Waals surface area contributed by atoms with Crippen LogP contribution in [-0.4, -0.2) is 13.1 Å². The maximum atomic E-state index is 5.06. The van der Waals surface area contributed by atoms with E-state index in [0.717, 1.165) is 19.5 Å². The third-order valence-electron chi connectivity index (χ3n) is 0.408. The molecule has 0 radical (unpaired) electrons. The minimum absolute atomic E-state index is 0.719. The van der Waals surface area contributed by atoms with Gasteiger partial charge in [0.1, 0.15) is 0 Å². The van der Waals surface area contributed by atoms with E-state index < -0.39 is 15.2 Å². The molecule has 0 spiro atoms. The van der Waals surface area contributed by atoms with Crippen molar-refractivity contribution in [3.63, 3.8) is 0 Å². The maximum absolute atomic E-state index is 5.06. The van der Waals surface area contributed by atoms with Gasteiger partial charge in [-0.1, -0.05) is 0 Å². The summed E-state index contributed by atoms with van der Waals surface area (Å²) in [5.74, 6) is 0. The first-order valence-electron chi connectivity index (χ1n) is 2.16. The topological polar surface area (TPSA) is 52.0 Å². The van der Waals surface area contributed by atoms with E-state index in [0.29, 0.717) is 0 Å². The van der Waals surface area contributed by atoms with E-state index >= 15 is 0 Å². The van der Waals surface area contributed by atoms with Crippen molar-refractivity contribution in [1.29, 1.82) is 0 Å². The minimum atomic E-state index is -1.79. The fourth-order valence-corrected chi connectivity index (χ4v) is 0.118. The molecule has 0 bridgehead atoms. The van der Waals surface area contributed by atoms with Gasteiger partial charge in [0.2, 0.25) is 0 Å². The molecule has 0 aliphatic carbocycles. The van der Waals surface area contributed by atoms with Crippen LogP contribution in [0.3, 0.4) is 0 Å². The first kappa shape index (κ1) is 13.1. The molecule has 64 valence electrons. The first-order valence-corrected chi connectivity index (χ1v) is 10.2. The monoisotopic (exact) mass is 376 g/mol. The Kier molecular flexibility index (Phi) is 17.9. The Morgan fingerprint density at radius 3 is 1.22 bits per heavy atom. The van der Waals surface area contributed by atoms with Gasteiger partial charge in [-0.05, 0) is 19.5 Å². The molecule has 6 heteroatoms. The van der Waals surface area contributed by atoms with Gasteiger partial charge in [-0.15, -0.1) is 0 Å². The number of halogens is 3. The summed E-state index contributed by atoms with van der Waals surface area (Å²) in [5.41, 5.74) is 10.1. The van der Waals surface area contributed by atoms with Gasteiger partial charge in [-0.3, -0.25) is 0 Å². The Hall–Kier alpha value is 1.53. The predicted molar refractivity (Wildman–Crippen MR) is 40.3 cm³/mol. The van der Waals surface area contributed by atoms with Crippen molar-refractivity contribution >= 4 is 27.6 Å². The van der Waals surface area contributed by atoms with Gasteiger partial charge >= 0.3 is 42.8 Å². The van der Waals surface area contributed by atoms with Gasteiger partial charge in [-0.2, -0.15) is 0 Å². The van der Waals surface area contributed by atoms with Crippen LogP contribution in [0.2, 0.25) is 0 Å². The standard InChI is InChI=1S/C3H10N2.Au.3ClH/c4-2-1-3-5;;;;/h1-5H2;;3*1H/q;+3;;;/p-3. The van der Waals surface area contributed by atoms with Crippen LogP contribution >= 0.6 is 27.6 Å². The van der Waals surface area contributed by atoms with Crippen LogP contribution in [0.15, 0.2) is 0 Å². The van der Waals surface area contributed by atoms with Crippen LogP contribution in [0.1, 0.15) is 6.42 Å². The molecular weight excluding hydrogens is 367 g/mol. The molecule has 2 nitrogen and oxygen atoms in total. The molecule has 0 aliphatic rings. The SMILES string of the molecule is NCCCN.[Cl][Au]([Cl])[Cl]. The number of hydrogen-bond acceptors (Lipinski definition) is 2. The van der Waals surface area contributed by atoms with Crippen LogP contribution in [0.4, 0.5) is 0 Å². The second kappa shape index (κ2) is 12.2. The molecule has 4 N–H and O–H groups in total. The second-order valence-electron chi connectivity index (χ2n) is 1.06. The van der Waals surface area contributed by atoms with Crippen molar-refractivity contribution in [3.8, 4) is 0 Å². The van der Waals surface area contributed by atoms with Crippen molar-refractivity contribution < 1.29 is 15.2 Å². The van der Waals surface area contributed by atoms with Gasteiger partial charge in [0.15, 0.2) is 0 Å². The van der Waals surface area contributed by atoms with E-state index in [1.165, 1.54) is 0 Å². The van der Waals surface area contributed by atoms with Crippen LogP contribution in [0.5, 0.6) is 0 Å². The van der Waals surface area contributed by atoms with E-state index in [9.17, 15) is 0 Å². The van der Waals surface area contributed by atoms with Crippen molar-refractivity contribution in [2.24, 2.45) is 11.5 Å². The molecule has 0 rings (SSSR count). The molecule has 0 saturated carbocycles. The molecule has 0 heterocycles. The van der Waals surface area contributed by atoms with Crippen LogP contribution in [0.25, 0.3) is 0 Å². The summed E-state index contributed by atoms with van der Waals surface area (Å²) in [6.45, 7) is 1.44. The Morgan fingerprint density at radius 2 is 1.22 bits per heavy atom. The quantitative estimate of drug-likeness (QED) is 0.714. The summed E-state index contributed by atoms with van der Waals surface area (Å²) in [7, 11) is 14.9. The zero-order chi connectivity index (χ0) is 7.70. The molecular formula is C3H10AuCl3N2. The van der Waals surface area contributed by atoms with Crippen LogP contribution < -0.4 is 11.5 Å². The Balaban J connectivity index is 0. The van der Waals surface area contributed by atoms with Crippen LogP contribution in [-0.2, 0) is 15.2 Å². The van der Waals surface area contributed by atoms with Crippen molar-refractivity contribution in [2.75, 3.05) is 13.1 Å². The Labute approximate surface area is 73.4 Å².